The minimum Gasteiger partial charge on any atom is -0.478 e. The second-order valence-corrected chi connectivity index (χ2v) is 6.03. The maximum Gasteiger partial charge on any atom is 0.340 e. The van der Waals surface area contributed by atoms with Crippen LogP contribution in [0.3, 0.4) is 0 Å². The molecule has 7 nitrogen and oxygen atoms in total. The lowest BCUT2D eigenvalue weighted by Gasteiger charge is -2.06. The maximum absolute atomic E-state index is 12.2. The Labute approximate surface area is 118 Å². The quantitative estimate of drug-likeness (QED) is 0.701. The second-order valence-electron chi connectivity index (χ2n) is 4.32. The van der Waals surface area contributed by atoms with E-state index in [0.717, 1.165) is 0 Å². The summed E-state index contributed by atoms with van der Waals surface area (Å²) in [6, 6.07) is 0. The van der Waals surface area contributed by atoms with Gasteiger partial charge in [-0.2, -0.15) is 0 Å². The molecule has 1 aromatic rings. The summed E-state index contributed by atoms with van der Waals surface area (Å²) in [6.45, 7) is 3.62. The highest BCUT2D eigenvalue weighted by Gasteiger charge is 2.30. The van der Waals surface area contributed by atoms with E-state index in [1.165, 1.54) is 13.8 Å². The molecule has 0 amide bonds. The summed E-state index contributed by atoms with van der Waals surface area (Å²) in [6.07, 6.45) is 1.32. The Bertz CT molecular complexity index is 575. The summed E-state index contributed by atoms with van der Waals surface area (Å²) in [4.78, 5) is 10.9. The lowest BCUT2D eigenvalue weighted by Crippen LogP contribution is -2.26. The monoisotopic (exact) mass is 305 g/mol. The van der Waals surface area contributed by atoms with Gasteiger partial charge in [0, 0.05) is 20.3 Å². The molecule has 2 N–H and O–H groups in total. The zero-order valence-corrected chi connectivity index (χ0v) is 12.5. The SMILES string of the molecule is COCCCCNS(=O)(=O)c1c(C)oc(C)c1C(=O)O. The first-order valence-corrected chi connectivity index (χ1v) is 7.61. The van der Waals surface area contributed by atoms with E-state index in [1.54, 1.807) is 7.11 Å². The lowest BCUT2D eigenvalue weighted by atomic mass is 10.2. The average Bonchev–Trinajstić information content (AvgIpc) is 2.64. The van der Waals surface area contributed by atoms with E-state index in [1.807, 2.05) is 0 Å². The summed E-state index contributed by atoms with van der Waals surface area (Å²) in [5, 5.41) is 9.10. The van der Waals surface area contributed by atoms with Crippen LogP contribution in [0.1, 0.15) is 34.7 Å². The Hall–Kier alpha value is -1.38. The minimum absolute atomic E-state index is 0.0734. The predicted molar refractivity (Wildman–Crippen MR) is 71.4 cm³/mol. The molecule has 1 heterocycles. The van der Waals surface area contributed by atoms with E-state index in [4.69, 9.17) is 14.3 Å². The van der Waals surface area contributed by atoms with Gasteiger partial charge in [0.2, 0.25) is 10.0 Å². The zero-order valence-electron chi connectivity index (χ0n) is 11.7. The van der Waals surface area contributed by atoms with Crippen LogP contribution in [0.15, 0.2) is 9.31 Å². The van der Waals surface area contributed by atoms with Gasteiger partial charge in [0.25, 0.3) is 0 Å². The van der Waals surface area contributed by atoms with Crippen molar-refractivity contribution < 1.29 is 27.5 Å². The third kappa shape index (κ3) is 3.81. The fourth-order valence-corrected chi connectivity index (χ4v) is 3.36. The van der Waals surface area contributed by atoms with Gasteiger partial charge < -0.3 is 14.3 Å². The van der Waals surface area contributed by atoms with Crippen LogP contribution in [-0.2, 0) is 14.8 Å². The van der Waals surface area contributed by atoms with Gasteiger partial charge in [0.1, 0.15) is 22.0 Å². The topological polar surface area (TPSA) is 106 Å². The molecular formula is C12H19NO6S. The molecule has 114 valence electrons. The van der Waals surface area contributed by atoms with Gasteiger partial charge in [-0.05, 0) is 26.7 Å². The molecule has 0 fully saturated rings. The van der Waals surface area contributed by atoms with E-state index >= 15 is 0 Å². The molecule has 0 aliphatic rings. The average molecular weight is 305 g/mol. The van der Waals surface area contributed by atoms with Gasteiger partial charge in [0.05, 0.1) is 0 Å². The van der Waals surface area contributed by atoms with E-state index < -0.39 is 16.0 Å². The fraction of sp³-hybridized carbons (Fsp3) is 0.583. The molecule has 0 saturated carbocycles. The number of carboxylic acid groups (broad SMARTS) is 1. The zero-order chi connectivity index (χ0) is 15.3. The number of hydrogen-bond donors (Lipinski definition) is 2. The van der Waals surface area contributed by atoms with Crippen molar-refractivity contribution in [2.45, 2.75) is 31.6 Å². The summed E-state index contributed by atoms with van der Waals surface area (Å²) >= 11 is 0. The van der Waals surface area contributed by atoms with Crippen molar-refractivity contribution >= 4 is 16.0 Å². The number of aryl methyl sites for hydroxylation is 2. The van der Waals surface area contributed by atoms with Crippen LogP contribution in [0.2, 0.25) is 0 Å². The Kier molecular flexibility index (Phi) is 5.73. The predicted octanol–water partition coefficient (Wildman–Crippen LogP) is 1.30. The summed E-state index contributed by atoms with van der Waals surface area (Å²) in [5.41, 5.74) is -0.313. The summed E-state index contributed by atoms with van der Waals surface area (Å²) in [5.74, 6) is -1.17. The van der Waals surface area contributed by atoms with Gasteiger partial charge in [-0.3, -0.25) is 0 Å². The Morgan fingerprint density at radius 3 is 2.50 bits per heavy atom. The highest BCUT2D eigenvalue weighted by molar-refractivity contribution is 7.89. The summed E-state index contributed by atoms with van der Waals surface area (Å²) in [7, 11) is -2.33. The number of unbranched alkanes of at least 4 members (excludes halogenated alkanes) is 1. The molecule has 1 aromatic heterocycles. The molecule has 20 heavy (non-hydrogen) atoms. The normalized spacial score (nSPS) is 11.8. The van der Waals surface area contributed by atoms with Crippen LogP contribution in [-0.4, -0.2) is 39.8 Å². The van der Waals surface area contributed by atoms with Crippen LogP contribution in [0.5, 0.6) is 0 Å². The highest BCUT2D eigenvalue weighted by Crippen LogP contribution is 2.26. The van der Waals surface area contributed by atoms with Crippen molar-refractivity contribution in [1.82, 2.24) is 4.72 Å². The van der Waals surface area contributed by atoms with E-state index in [9.17, 15) is 13.2 Å². The smallest absolute Gasteiger partial charge is 0.340 e. The number of carbonyl (C=O) groups is 1. The Morgan fingerprint density at radius 2 is 1.95 bits per heavy atom. The molecule has 0 radical (unpaired) electrons. The molecule has 0 aliphatic heterocycles. The van der Waals surface area contributed by atoms with Crippen molar-refractivity contribution in [3.8, 4) is 0 Å². The summed E-state index contributed by atoms with van der Waals surface area (Å²) < 4.78 is 36.7. The molecule has 0 bridgehead atoms. The molecule has 8 heteroatoms. The van der Waals surface area contributed by atoms with Gasteiger partial charge in [0.15, 0.2) is 0 Å². The number of sulfonamides is 1. The van der Waals surface area contributed by atoms with Gasteiger partial charge in [-0.25, -0.2) is 17.9 Å². The first-order chi connectivity index (χ1) is 9.31. The van der Waals surface area contributed by atoms with Crippen LogP contribution in [0.4, 0.5) is 0 Å². The molecule has 0 aliphatic carbocycles. The molecule has 0 atom stereocenters. The Morgan fingerprint density at radius 1 is 1.30 bits per heavy atom. The number of nitrogens with one attached hydrogen (secondary N) is 1. The number of furan rings is 1. The molecule has 1 rings (SSSR count). The van der Waals surface area contributed by atoms with Crippen molar-refractivity contribution in [2.75, 3.05) is 20.3 Å². The van der Waals surface area contributed by atoms with E-state index in [2.05, 4.69) is 4.72 Å². The number of hydrogen-bond acceptors (Lipinski definition) is 5. The first-order valence-electron chi connectivity index (χ1n) is 6.13. The molecule has 0 unspecified atom stereocenters. The standard InChI is InChI=1S/C12H19NO6S/c1-8-10(12(14)15)11(9(2)19-8)20(16,17)13-6-4-5-7-18-3/h13H,4-7H2,1-3H3,(H,14,15). The van der Waals surface area contributed by atoms with Crippen LogP contribution < -0.4 is 4.72 Å². The highest BCUT2D eigenvalue weighted by atomic mass is 32.2. The van der Waals surface area contributed by atoms with E-state index in [0.29, 0.717) is 19.4 Å². The molecule has 0 saturated heterocycles. The second kappa shape index (κ2) is 6.87. The molecule has 0 aromatic carbocycles. The van der Waals surface area contributed by atoms with Crippen molar-refractivity contribution in [1.29, 1.82) is 0 Å². The first kappa shape index (κ1) is 16.7. The van der Waals surface area contributed by atoms with Crippen LogP contribution in [0, 0.1) is 13.8 Å². The number of aromatic carboxylic acids is 1. The van der Waals surface area contributed by atoms with Crippen LogP contribution in [0.25, 0.3) is 0 Å². The largest absolute Gasteiger partial charge is 0.478 e. The van der Waals surface area contributed by atoms with Gasteiger partial charge >= 0.3 is 5.97 Å². The number of methoxy groups -OCH3 is 1. The third-order valence-corrected chi connectivity index (χ3v) is 4.37. The van der Waals surface area contributed by atoms with Gasteiger partial charge in [-0.15, -0.1) is 0 Å². The van der Waals surface area contributed by atoms with Crippen molar-refractivity contribution in [3.63, 3.8) is 0 Å². The molecular weight excluding hydrogens is 286 g/mol. The Balaban J connectivity index is 2.90. The van der Waals surface area contributed by atoms with Gasteiger partial charge in [-0.1, -0.05) is 0 Å². The lowest BCUT2D eigenvalue weighted by molar-refractivity contribution is 0.0691. The number of ether oxygens (including phenoxy) is 1. The number of rotatable bonds is 8. The minimum atomic E-state index is -3.90. The fourth-order valence-electron chi connectivity index (χ4n) is 1.88. The van der Waals surface area contributed by atoms with Crippen molar-refractivity contribution in [3.05, 3.63) is 17.1 Å². The van der Waals surface area contributed by atoms with Crippen LogP contribution >= 0.6 is 0 Å². The number of carboxylic acids is 1. The van der Waals surface area contributed by atoms with E-state index in [-0.39, 0.29) is 28.5 Å². The third-order valence-electron chi connectivity index (χ3n) is 2.75. The maximum atomic E-state index is 12.2. The van der Waals surface area contributed by atoms with Crippen molar-refractivity contribution in [2.24, 2.45) is 0 Å². The molecule has 0 spiro atoms.